The minimum atomic E-state index is 0.00250. The summed E-state index contributed by atoms with van der Waals surface area (Å²) in [6.45, 7) is 0.870. The van der Waals surface area contributed by atoms with Crippen molar-refractivity contribution in [1.29, 1.82) is 0 Å². The quantitative estimate of drug-likeness (QED) is 0.706. The van der Waals surface area contributed by atoms with E-state index in [1.54, 1.807) is 34.1 Å². The molecule has 2 rings (SSSR count). The van der Waals surface area contributed by atoms with Gasteiger partial charge in [-0.3, -0.25) is 13.8 Å². The molecule has 1 aromatic rings. The summed E-state index contributed by atoms with van der Waals surface area (Å²) in [4.78, 5) is 15.5. The van der Waals surface area contributed by atoms with E-state index in [-0.39, 0.29) is 5.56 Å². The summed E-state index contributed by atoms with van der Waals surface area (Å²) in [5.41, 5.74) is 0.00250. The van der Waals surface area contributed by atoms with Crippen LogP contribution in [0.5, 0.6) is 0 Å². The van der Waals surface area contributed by atoms with Gasteiger partial charge in [-0.05, 0) is 6.07 Å². The van der Waals surface area contributed by atoms with Gasteiger partial charge < -0.3 is 0 Å². The van der Waals surface area contributed by atoms with Crippen LogP contribution in [0.2, 0.25) is 0 Å². The first kappa shape index (κ1) is 8.90. The van der Waals surface area contributed by atoms with E-state index in [0.717, 1.165) is 16.7 Å². The Hall–Kier alpha value is -0.680. The van der Waals surface area contributed by atoms with Gasteiger partial charge in [0.2, 0.25) is 0 Å². The summed E-state index contributed by atoms with van der Waals surface area (Å²) in [5.74, 6) is 1.03. The third-order valence-corrected chi connectivity index (χ3v) is 3.65. The molecule has 0 fully saturated rings. The smallest absolute Gasteiger partial charge is 0.260 e. The lowest BCUT2D eigenvalue weighted by Crippen LogP contribution is -2.12. The number of pyridine rings is 1. The van der Waals surface area contributed by atoms with Gasteiger partial charge in [0.15, 0.2) is 0 Å². The molecule has 5 heteroatoms. The van der Waals surface area contributed by atoms with Crippen LogP contribution >= 0.6 is 23.7 Å². The number of hydrogen-bond donors (Lipinski definition) is 0. The molecule has 0 bridgehead atoms. The van der Waals surface area contributed by atoms with Gasteiger partial charge in [0.05, 0.1) is 6.54 Å². The maximum atomic E-state index is 11.3. The average molecular weight is 212 g/mol. The zero-order valence-electron chi connectivity index (χ0n) is 6.84. The minimum Gasteiger partial charge on any atom is -0.269 e. The first-order valence-electron chi connectivity index (χ1n) is 3.89. The monoisotopic (exact) mass is 212 g/mol. The topological polar surface area (TPSA) is 34.4 Å². The zero-order chi connectivity index (χ0) is 9.10. The van der Waals surface area contributed by atoms with Crippen molar-refractivity contribution in [2.75, 3.05) is 12.3 Å². The first-order valence-corrected chi connectivity index (χ1v) is 5.65. The average Bonchev–Trinajstić information content (AvgIpc) is 2.61. The predicted octanol–water partition coefficient (Wildman–Crippen LogP) is 1.45. The van der Waals surface area contributed by atoms with Crippen molar-refractivity contribution in [3.8, 4) is 0 Å². The number of aliphatic imine (C=N–C) groups is 1. The fourth-order valence-corrected chi connectivity index (χ4v) is 2.78. The molecule has 13 heavy (non-hydrogen) atoms. The van der Waals surface area contributed by atoms with Gasteiger partial charge in [0.25, 0.3) is 5.56 Å². The lowest BCUT2D eigenvalue weighted by atomic mass is 10.5. The summed E-state index contributed by atoms with van der Waals surface area (Å²) in [6, 6.07) is 5.13. The normalized spacial score (nSPS) is 15.8. The predicted molar refractivity (Wildman–Crippen MR) is 58.5 cm³/mol. The molecule has 1 aromatic heterocycles. The van der Waals surface area contributed by atoms with E-state index < -0.39 is 0 Å². The maximum absolute atomic E-state index is 11.3. The molecular weight excluding hydrogens is 204 g/mol. The van der Waals surface area contributed by atoms with Crippen molar-refractivity contribution < 1.29 is 0 Å². The lowest BCUT2D eigenvalue weighted by Gasteiger charge is -2.01. The van der Waals surface area contributed by atoms with Crippen LogP contribution in [0.1, 0.15) is 0 Å². The van der Waals surface area contributed by atoms with Crippen LogP contribution < -0.4 is 5.56 Å². The molecule has 3 nitrogen and oxygen atoms in total. The summed E-state index contributed by atoms with van der Waals surface area (Å²) >= 11 is 3.09. The summed E-state index contributed by atoms with van der Waals surface area (Å²) in [5, 5.41) is 0. The lowest BCUT2D eigenvalue weighted by molar-refractivity contribution is 1.15. The van der Waals surface area contributed by atoms with Crippen LogP contribution in [0, 0.1) is 0 Å². The standard InChI is InChI=1S/C8H8N2OS2/c11-7-3-1-2-5-10(7)13-8-9-4-6-12-8/h1-3,5H,4,6H2. The second kappa shape index (κ2) is 4.02. The van der Waals surface area contributed by atoms with Crippen molar-refractivity contribution in [1.82, 2.24) is 3.97 Å². The number of nitrogens with zero attached hydrogens (tertiary/aromatic N) is 2. The molecule has 0 atom stereocenters. The molecule has 1 aliphatic rings. The highest BCUT2D eigenvalue weighted by molar-refractivity contribution is 8.38. The third kappa shape index (κ3) is 2.16. The van der Waals surface area contributed by atoms with Crippen molar-refractivity contribution in [3.63, 3.8) is 0 Å². The molecule has 0 saturated heterocycles. The molecule has 68 valence electrons. The molecule has 0 amide bonds. The van der Waals surface area contributed by atoms with E-state index in [2.05, 4.69) is 4.99 Å². The van der Waals surface area contributed by atoms with Crippen molar-refractivity contribution >= 4 is 28.1 Å². The molecule has 0 saturated carbocycles. The maximum Gasteiger partial charge on any atom is 0.260 e. The molecule has 0 spiro atoms. The molecule has 0 radical (unpaired) electrons. The number of thioether (sulfide) groups is 1. The van der Waals surface area contributed by atoms with Crippen LogP contribution in [0.4, 0.5) is 0 Å². The Morgan fingerprint density at radius 2 is 2.46 bits per heavy atom. The SMILES string of the molecule is O=c1ccccn1SC1=NCCS1. The molecule has 0 aromatic carbocycles. The first-order chi connectivity index (χ1) is 6.36. The van der Waals surface area contributed by atoms with Gasteiger partial charge in [-0.2, -0.15) is 0 Å². The number of aromatic nitrogens is 1. The highest BCUT2D eigenvalue weighted by Crippen LogP contribution is 2.21. The van der Waals surface area contributed by atoms with Crippen molar-refractivity contribution in [3.05, 3.63) is 34.7 Å². The van der Waals surface area contributed by atoms with Crippen LogP contribution in [-0.4, -0.2) is 20.6 Å². The summed E-state index contributed by atoms with van der Waals surface area (Å²) in [6.07, 6.45) is 1.76. The summed E-state index contributed by atoms with van der Waals surface area (Å²) in [7, 11) is 0. The molecule has 0 unspecified atom stereocenters. The zero-order valence-corrected chi connectivity index (χ0v) is 8.48. The second-order valence-electron chi connectivity index (χ2n) is 2.45. The van der Waals surface area contributed by atoms with Gasteiger partial charge in [0.1, 0.15) is 4.38 Å². The molecule has 0 N–H and O–H groups in total. The van der Waals surface area contributed by atoms with Crippen LogP contribution in [0.25, 0.3) is 0 Å². The Morgan fingerprint density at radius 1 is 1.54 bits per heavy atom. The van der Waals surface area contributed by atoms with Crippen molar-refractivity contribution in [2.45, 2.75) is 0 Å². The minimum absolute atomic E-state index is 0.00250. The second-order valence-corrected chi connectivity index (χ2v) is 4.76. The van der Waals surface area contributed by atoms with Gasteiger partial charge in [-0.1, -0.05) is 17.8 Å². The Bertz CT molecular complexity index is 386. The van der Waals surface area contributed by atoms with E-state index in [0.29, 0.717) is 0 Å². The Labute approximate surface area is 84.4 Å². The Morgan fingerprint density at radius 3 is 3.15 bits per heavy atom. The van der Waals surface area contributed by atoms with E-state index in [1.165, 1.54) is 11.9 Å². The van der Waals surface area contributed by atoms with E-state index in [4.69, 9.17) is 0 Å². The molecule has 2 heterocycles. The number of rotatable bonds is 1. The van der Waals surface area contributed by atoms with Crippen molar-refractivity contribution in [2.24, 2.45) is 4.99 Å². The van der Waals surface area contributed by atoms with Crippen LogP contribution in [-0.2, 0) is 0 Å². The van der Waals surface area contributed by atoms with E-state index >= 15 is 0 Å². The fraction of sp³-hybridized carbons (Fsp3) is 0.250. The van der Waals surface area contributed by atoms with Gasteiger partial charge in [0, 0.05) is 30.0 Å². The van der Waals surface area contributed by atoms with E-state index in [1.807, 2.05) is 6.07 Å². The Kier molecular flexibility index (Phi) is 2.75. The summed E-state index contributed by atoms with van der Waals surface area (Å²) < 4.78 is 2.57. The molecule has 1 aliphatic heterocycles. The third-order valence-electron chi connectivity index (χ3n) is 1.52. The highest BCUT2D eigenvalue weighted by atomic mass is 32.2. The van der Waals surface area contributed by atoms with Gasteiger partial charge in [-0.15, -0.1) is 0 Å². The highest BCUT2D eigenvalue weighted by Gasteiger charge is 2.08. The Balaban J connectivity index is 2.18. The van der Waals surface area contributed by atoms with E-state index in [9.17, 15) is 4.79 Å². The van der Waals surface area contributed by atoms with Gasteiger partial charge in [-0.25, -0.2) is 0 Å². The van der Waals surface area contributed by atoms with Crippen LogP contribution in [0.3, 0.4) is 0 Å². The number of hydrogen-bond acceptors (Lipinski definition) is 4. The molecular formula is C8H8N2OS2. The van der Waals surface area contributed by atoms with Gasteiger partial charge >= 0.3 is 0 Å². The van der Waals surface area contributed by atoms with Crippen LogP contribution in [0.15, 0.2) is 34.2 Å². The molecule has 0 aliphatic carbocycles. The largest absolute Gasteiger partial charge is 0.269 e. The fourth-order valence-electron chi connectivity index (χ4n) is 0.943.